The number of rotatable bonds is 5. The van der Waals surface area contributed by atoms with Gasteiger partial charge in [-0.3, -0.25) is 4.79 Å². The first kappa shape index (κ1) is 20.5. The van der Waals surface area contributed by atoms with Gasteiger partial charge in [0.2, 0.25) is 5.91 Å². The van der Waals surface area contributed by atoms with E-state index in [0.717, 1.165) is 5.56 Å². The summed E-state index contributed by atoms with van der Waals surface area (Å²) in [5.74, 6) is -0.652. The van der Waals surface area contributed by atoms with Crippen molar-refractivity contribution in [2.45, 2.75) is 37.6 Å². The molecule has 1 amide bonds. The fraction of sp³-hybridized carbons (Fsp3) is 0.300. The number of hydrogen-bond acceptors (Lipinski definition) is 3. The Morgan fingerprint density at radius 1 is 1.14 bits per heavy atom. The van der Waals surface area contributed by atoms with Gasteiger partial charge in [0, 0.05) is 16.5 Å². The Balaban J connectivity index is 1.80. The first-order valence-corrected chi connectivity index (χ1v) is 9.49. The molecule has 0 unspecified atom stereocenters. The predicted molar refractivity (Wildman–Crippen MR) is 102 cm³/mol. The number of aliphatic hydroxyl groups is 1. The number of amides is 1. The molecule has 2 aromatic carbocycles. The average Bonchev–Trinajstić information content (AvgIpc) is 3.02. The molecular weight excluding hydrogens is 437 g/mol. The van der Waals surface area contributed by atoms with E-state index in [4.69, 9.17) is 0 Å². The van der Waals surface area contributed by atoms with Crippen molar-refractivity contribution in [1.29, 1.82) is 0 Å². The topological polar surface area (TPSA) is 52.9 Å². The van der Waals surface area contributed by atoms with Crippen molar-refractivity contribution in [3.63, 3.8) is 0 Å². The summed E-state index contributed by atoms with van der Waals surface area (Å²) in [7, 11) is 0. The zero-order valence-electron chi connectivity index (χ0n) is 14.8. The van der Waals surface area contributed by atoms with Crippen molar-refractivity contribution < 1.29 is 23.1 Å². The second kappa shape index (κ2) is 8.05. The molecular formula is C20H18BrF3N2O2. The smallest absolute Gasteiger partial charge is 0.365 e. The van der Waals surface area contributed by atoms with E-state index in [1.807, 2.05) is 30.3 Å². The zero-order valence-corrected chi connectivity index (χ0v) is 16.4. The van der Waals surface area contributed by atoms with Gasteiger partial charge in [-0.1, -0.05) is 58.4 Å². The molecule has 0 spiro atoms. The fourth-order valence-electron chi connectivity index (χ4n) is 3.10. The van der Waals surface area contributed by atoms with E-state index in [1.165, 1.54) is 12.1 Å². The third-order valence-corrected chi connectivity index (χ3v) is 5.08. The summed E-state index contributed by atoms with van der Waals surface area (Å²) in [6, 6.07) is 15.6. The van der Waals surface area contributed by atoms with Gasteiger partial charge in [-0.25, -0.2) is 0 Å². The van der Waals surface area contributed by atoms with Crippen LogP contribution in [0.4, 0.5) is 13.2 Å². The molecule has 0 fully saturated rings. The number of carbonyl (C=O) groups is 1. The summed E-state index contributed by atoms with van der Waals surface area (Å²) in [5.41, 5.74) is -2.13. The summed E-state index contributed by atoms with van der Waals surface area (Å²) >= 11 is 3.24. The van der Waals surface area contributed by atoms with Gasteiger partial charge in [0.05, 0.1) is 6.42 Å². The van der Waals surface area contributed by atoms with Gasteiger partial charge < -0.3 is 5.11 Å². The van der Waals surface area contributed by atoms with Crippen LogP contribution >= 0.6 is 15.9 Å². The molecule has 1 aliphatic heterocycles. The van der Waals surface area contributed by atoms with Crippen molar-refractivity contribution in [2.75, 3.05) is 0 Å². The average molecular weight is 455 g/mol. The number of nitrogens with zero attached hydrogens (tertiary/aromatic N) is 2. The van der Waals surface area contributed by atoms with Crippen LogP contribution in [0, 0.1) is 0 Å². The van der Waals surface area contributed by atoms with Crippen LogP contribution in [0.15, 0.2) is 64.2 Å². The van der Waals surface area contributed by atoms with Crippen molar-refractivity contribution in [1.82, 2.24) is 5.01 Å². The second-order valence-corrected chi connectivity index (χ2v) is 7.51. The molecule has 1 N–H and O–H groups in total. The third-order valence-electron chi connectivity index (χ3n) is 4.55. The molecule has 1 aliphatic rings. The first-order valence-electron chi connectivity index (χ1n) is 8.70. The van der Waals surface area contributed by atoms with Crippen LogP contribution in [-0.4, -0.2) is 27.9 Å². The van der Waals surface area contributed by atoms with Crippen LogP contribution in [0.3, 0.4) is 0 Å². The van der Waals surface area contributed by atoms with E-state index >= 15 is 0 Å². The molecule has 8 heteroatoms. The molecule has 2 aromatic rings. The molecule has 1 atom stereocenters. The van der Waals surface area contributed by atoms with Crippen molar-refractivity contribution in [3.8, 4) is 0 Å². The lowest BCUT2D eigenvalue weighted by atomic mass is 9.96. The zero-order chi connectivity index (χ0) is 20.4. The molecule has 0 saturated carbocycles. The summed E-state index contributed by atoms with van der Waals surface area (Å²) in [4.78, 5) is 12.6. The molecule has 148 valence electrons. The van der Waals surface area contributed by atoms with Crippen molar-refractivity contribution in [3.05, 3.63) is 70.2 Å². The van der Waals surface area contributed by atoms with Gasteiger partial charge in [-0.05, 0) is 30.5 Å². The van der Waals surface area contributed by atoms with E-state index in [1.54, 1.807) is 12.1 Å². The Kier molecular flexibility index (Phi) is 5.90. The Hall–Kier alpha value is -2.19. The van der Waals surface area contributed by atoms with Crippen LogP contribution in [0.25, 0.3) is 0 Å². The van der Waals surface area contributed by atoms with Crippen LogP contribution in [0.2, 0.25) is 0 Å². The van der Waals surface area contributed by atoms with E-state index in [-0.39, 0.29) is 12.0 Å². The number of alkyl halides is 3. The molecule has 0 bridgehead atoms. The molecule has 28 heavy (non-hydrogen) atoms. The molecule has 4 nitrogen and oxygen atoms in total. The molecule has 0 aromatic heterocycles. The normalized spacial score (nSPS) is 19.6. The van der Waals surface area contributed by atoms with Gasteiger partial charge >= 0.3 is 6.18 Å². The Labute approximate surface area is 168 Å². The minimum absolute atomic E-state index is 0.0254. The van der Waals surface area contributed by atoms with Gasteiger partial charge in [-0.15, -0.1) is 0 Å². The number of benzene rings is 2. The van der Waals surface area contributed by atoms with Gasteiger partial charge in [0.25, 0.3) is 0 Å². The van der Waals surface area contributed by atoms with E-state index in [9.17, 15) is 23.1 Å². The minimum atomic E-state index is -4.72. The Morgan fingerprint density at radius 3 is 2.39 bits per heavy atom. The lowest BCUT2D eigenvalue weighted by molar-refractivity contribution is -0.158. The highest BCUT2D eigenvalue weighted by molar-refractivity contribution is 9.10. The molecule has 1 heterocycles. The summed E-state index contributed by atoms with van der Waals surface area (Å²) in [6.07, 6.45) is -4.51. The van der Waals surface area contributed by atoms with Gasteiger partial charge in [0.1, 0.15) is 5.71 Å². The number of carbonyl (C=O) groups excluding carboxylic acids is 1. The quantitative estimate of drug-likeness (QED) is 0.707. The summed E-state index contributed by atoms with van der Waals surface area (Å²) < 4.78 is 40.3. The predicted octanol–water partition coefficient (Wildman–Crippen LogP) is 4.77. The van der Waals surface area contributed by atoms with Gasteiger partial charge in [0.15, 0.2) is 5.72 Å². The number of hydrogen-bond donors (Lipinski definition) is 1. The van der Waals surface area contributed by atoms with Gasteiger partial charge in [-0.2, -0.15) is 23.3 Å². The molecule has 0 aliphatic carbocycles. The van der Waals surface area contributed by atoms with E-state index in [0.29, 0.717) is 22.3 Å². The molecule has 0 radical (unpaired) electrons. The maximum absolute atomic E-state index is 13.2. The van der Waals surface area contributed by atoms with Crippen molar-refractivity contribution >= 4 is 27.5 Å². The first-order chi connectivity index (χ1) is 13.2. The fourth-order valence-corrected chi connectivity index (χ4v) is 3.37. The maximum atomic E-state index is 13.2. The largest absolute Gasteiger partial charge is 0.431 e. The van der Waals surface area contributed by atoms with E-state index < -0.39 is 29.9 Å². The lowest BCUT2D eigenvalue weighted by Gasteiger charge is -2.31. The van der Waals surface area contributed by atoms with Crippen LogP contribution in [0.5, 0.6) is 0 Å². The minimum Gasteiger partial charge on any atom is -0.365 e. The maximum Gasteiger partial charge on any atom is 0.431 e. The standard InChI is InChI=1S/C20H18BrF3N2O2/c21-16-11-9-15(10-12-16)19(28)13-17(20(22,23)24)25-26(19)18(27)8-4-7-14-5-2-1-3-6-14/h1-3,5-6,9-12,28H,4,7-8,13H2/t19-/m1/s1. The SMILES string of the molecule is O=C(CCCc1ccccc1)N1N=C(C(F)(F)F)C[C@@]1(O)c1ccc(Br)cc1. The molecule has 0 saturated heterocycles. The highest BCUT2D eigenvalue weighted by Crippen LogP contribution is 2.40. The third kappa shape index (κ3) is 4.44. The second-order valence-electron chi connectivity index (χ2n) is 6.59. The Bertz CT molecular complexity index is 869. The summed E-state index contributed by atoms with van der Waals surface area (Å²) in [5, 5.41) is 15.0. The highest BCUT2D eigenvalue weighted by atomic mass is 79.9. The highest BCUT2D eigenvalue weighted by Gasteiger charge is 2.52. The number of aryl methyl sites for hydroxylation is 1. The Morgan fingerprint density at radius 2 is 1.79 bits per heavy atom. The van der Waals surface area contributed by atoms with Crippen LogP contribution < -0.4 is 0 Å². The monoisotopic (exact) mass is 454 g/mol. The lowest BCUT2D eigenvalue weighted by Crippen LogP contribution is -2.43. The van der Waals surface area contributed by atoms with Crippen LogP contribution in [0.1, 0.15) is 30.4 Å². The number of hydrazone groups is 1. The summed E-state index contributed by atoms with van der Waals surface area (Å²) in [6.45, 7) is 0. The van der Waals surface area contributed by atoms with Crippen molar-refractivity contribution in [2.24, 2.45) is 5.10 Å². The van der Waals surface area contributed by atoms with Crippen LogP contribution in [-0.2, 0) is 16.9 Å². The molecule has 3 rings (SSSR count). The number of halogens is 4. The van der Waals surface area contributed by atoms with E-state index in [2.05, 4.69) is 21.0 Å².